The fraction of sp³-hybridized carbons (Fsp3) is 0.350. The summed E-state index contributed by atoms with van der Waals surface area (Å²) in [5.41, 5.74) is 4.05. The number of sulfonamides is 1. The molecule has 0 atom stereocenters. The van der Waals surface area contributed by atoms with Crippen LogP contribution in [0.2, 0.25) is 0 Å². The predicted octanol–water partition coefficient (Wildman–Crippen LogP) is 2.65. The molecule has 3 aromatic heterocycles. The van der Waals surface area contributed by atoms with Crippen molar-refractivity contribution in [2.75, 3.05) is 13.7 Å². The standard InChI is InChI=1S/C20H22N4O4S2/c1-28-20(25)19-17(9-13-29-19)30(26,27)22-11-12-24-16-8-3-2-6-14(16)18(23-24)15-7-4-5-10-21-15/h4-5,7,9-10,13,22H,2-3,6,8,11-12H2,1H3. The summed E-state index contributed by atoms with van der Waals surface area (Å²) in [6.45, 7) is 0.556. The van der Waals surface area contributed by atoms with Crippen molar-refractivity contribution in [3.05, 3.63) is 52.0 Å². The maximum absolute atomic E-state index is 12.7. The topological polar surface area (TPSA) is 103 Å². The van der Waals surface area contributed by atoms with Crippen LogP contribution < -0.4 is 4.72 Å². The maximum Gasteiger partial charge on any atom is 0.349 e. The smallest absolute Gasteiger partial charge is 0.349 e. The van der Waals surface area contributed by atoms with Crippen molar-refractivity contribution in [2.45, 2.75) is 37.1 Å². The third kappa shape index (κ3) is 4.03. The van der Waals surface area contributed by atoms with Gasteiger partial charge < -0.3 is 4.74 Å². The number of pyridine rings is 1. The molecule has 1 aliphatic carbocycles. The van der Waals surface area contributed by atoms with E-state index in [1.54, 1.807) is 11.6 Å². The van der Waals surface area contributed by atoms with E-state index in [9.17, 15) is 13.2 Å². The minimum Gasteiger partial charge on any atom is -0.465 e. The second-order valence-electron chi connectivity index (χ2n) is 6.92. The van der Waals surface area contributed by atoms with Gasteiger partial charge in [-0.15, -0.1) is 11.3 Å². The van der Waals surface area contributed by atoms with Crippen molar-refractivity contribution in [3.63, 3.8) is 0 Å². The van der Waals surface area contributed by atoms with Gasteiger partial charge in [-0.05, 0) is 49.3 Å². The van der Waals surface area contributed by atoms with E-state index < -0.39 is 16.0 Å². The Hall–Kier alpha value is -2.56. The molecule has 0 aromatic carbocycles. The molecule has 10 heteroatoms. The van der Waals surface area contributed by atoms with Crippen LogP contribution in [0.1, 0.15) is 33.8 Å². The summed E-state index contributed by atoms with van der Waals surface area (Å²) in [7, 11) is -2.61. The number of fused-ring (bicyclic) bond motifs is 1. The molecule has 0 amide bonds. The maximum atomic E-state index is 12.7. The normalized spacial score (nSPS) is 13.8. The Morgan fingerprint density at radius 1 is 1.27 bits per heavy atom. The second kappa shape index (κ2) is 8.66. The minimum absolute atomic E-state index is 0.0592. The summed E-state index contributed by atoms with van der Waals surface area (Å²) in [6.07, 6.45) is 5.81. The van der Waals surface area contributed by atoms with Crippen molar-refractivity contribution >= 4 is 27.3 Å². The summed E-state index contributed by atoms with van der Waals surface area (Å²) >= 11 is 1.04. The van der Waals surface area contributed by atoms with Crippen LogP contribution in [0.15, 0.2) is 40.7 Å². The van der Waals surface area contributed by atoms with Crippen LogP contribution in [0.3, 0.4) is 0 Å². The van der Waals surface area contributed by atoms with Crippen LogP contribution in [0.5, 0.6) is 0 Å². The second-order valence-corrected chi connectivity index (χ2v) is 9.57. The van der Waals surface area contributed by atoms with Crippen molar-refractivity contribution < 1.29 is 17.9 Å². The third-order valence-electron chi connectivity index (χ3n) is 5.07. The van der Waals surface area contributed by atoms with E-state index in [0.717, 1.165) is 54.1 Å². The molecule has 0 unspecified atom stereocenters. The highest BCUT2D eigenvalue weighted by Crippen LogP contribution is 2.30. The monoisotopic (exact) mass is 446 g/mol. The molecule has 0 saturated heterocycles. The number of esters is 1. The van der Waals surface area contributed by atoms with E-state index in [0.29, 0.717) is 6.54 Å². The summed E-state index contributed by atoms with van der Waals surface area (Å²) in [5, 5.41) is 6.31. The number of methoxy groups -OCH3 is 1. The van der Waals surface area contributed by atoms with Gasteiger partial charge in [0, 0.05) is 24.0 Å². The Labute approximate surface area is 179 Å². The SMILES string of the molecule is COC(=O)c1sccc1S(=O)(=O)NCCn1nc(-c2ccccn2)c2c1CCCC2. The van der Waals surface area contributed by atoms with Crippen LogP contribution in [-0.2, 0) is 34.1 Å². The van der Waals surface area contributed by atoms with Gasteiger partial charge in [0.2, 0.25) is 10.0 Å². The molecule has 1 aliphatic rings. The van der Waals surface area contributed by atoms with E-state index in [2.05, 4.69) is 14.4 Å². The van der Waals surface area contributed by atoms with Crippen molar-refractivity contribution in [3.8, 4) is 11.4 Å². The Morgan fingerprint density at radius 3 is 2.87 bits per heavy atom. The van der Waals surface area contributed by atoms with Crippen molar-refractivity contribution in [1.29, 1.82) is 0 Å². The molecule has 3 heterocycles. The number of thiophene rings is 1. The first-order chi connectivity index (χ1) is 14.5. The van der Waals surface area contributed by atoms with Crippen LogP contribution in [0.4, 0.5) is 0 Å². The van der Waals surface area contributed by atoms with E-state index in [-0.39, 0.29) is 16.3 Å². The number of hydrogen-bond acceptors (Lipinski definition) is 7. The number of nitrogens with zero attached hydrogens (tertiary/aromatic N) is 3. The Kier molecular flexibility index (Phi) is 5.98. The van der Waals surface area contributed by atoms with Gasteiger partial charge in [-0.1, -0.05) is 6.07 Å². The molecule has 3 aromatic rings. The lowest BCUT2D eigenvalue weighted by atomic mass is 9.95. The Balaban J connectivity index is 1.53. The molecule has 0 radical (unpaired) electrons. The molecule has 8 nitrogen and oxygen atoms in total. The molecular weight excluding hydrogens is 424 g/mol. The Morgan fingerprint density at radius 2 is 2.10 bits per heavy atom. The molecule has 0 spiro atoms. The average Bonchev–Trinajstić information content (AvgIpc) is 3.40. The zero-order valence-electron chi connectivity index (χ0n) is 16.5. The van der Waals surface area contributed by atoms with Crippen LogP contribution in [0, 0.1) is 0 Å². The number of hydrogen-bond donors (Lipinski definition) is 1. The van der Waals surface area contributed by atoms with Gasteiger partial charge >= 0.3 is 5.97 Å². The summed E-state index contributed by atoms with van der Waals surface area (Å²) < 4.78 is 34.5. The lowest BCUT2D eigenvalue weighted by Crippen LogP contribution is -2.29. The largest absolute Gasteiger partial charge is 0.465 e. The van der Waals surface area contributed by atoms with Crippen molar-refractivity contribution in [1.82, 2.24) is 19.5 Å². The highest BCUT2D eigenvalue weighted by Gasteiger charge is 2.25. The van der Waals surface area contributed by atoms with Gasteiger partial charge in [-0.2, -0.15) is 5.10 Å². The van der Waals surface area contributed by atoms with E-state index in [1.807, 2.05) is 22.9 Å². The number of rotatable bonds is 7. The van der Waals surface area contributed by atoms with E-state index in [1.165, 1.54) is 18.7 Å². The Bertz CT molecular complexity index is 1150. The summed E-state index contributed by atoms with van der Waals surface area (Å²) in [5.74, 6) is -0.661. The first kappa shape index (κ1) is 20.7. The molecular formula is C20H22N4O4S2. The lowest BCUT2D eigenvalue weighted by Gasteiger charge is -2.14. The van der Waals surface area contributed by atoms with Crippen LogP contribution in [-0.4, -0.2) is 42.8 Å². The summed E-state index contributed by atoms with van der Waals surface area (Å²) in [4.78, 5) is 16.2. The van der Waals surface area contributed by atoms with Gasteiger partial charge in [0.05, 0.1) is 19.3 Å². The van der Waals surface area contributed by atoms with Gasteiger partial charge in [0.15, 0.2) is 0 Å². The van der Waals surface area contributed by atoms with E-state index >= 15 is 0 Å². The quantitative estimate of drug-likeness (QED) is 0.560. The third-order valence-corrected chi connectivity index (χ3v) is 7.60. The van der Waals surface area contributed by atoms with Crippen LogP contribution in [0.25, 0.3) is 11.4 Å². The molecule has 4 rings (SSSR count). The van der Waals surface area contributed by atoms with E-state index in [4.69, 9.17) is 5.10 Å². The average molecular weight is 447 g/mol. The highest BCUT2D eigenvalue weighted by atomic mass is 32.2. The molecule has 0 bridgehead atoms. The molecule has 0 fully saturated rings. The fourth-order valence-corrected chi connectivity index (χ4v) is 6.03. The molecule has 158 valence electrons. The molecule has 1 N–H and O–H groups in total. The van der Waals surface area contributed by atoms with Crippen LogP contribution >= 0.6 is 11.3 Å². The zero-order valence-corrected chi connectivity index (χ0v) is 18.1. The highest BCUT2D eigenvalue weighted by molar-refractivity contribution is 7.89. The van der Waals surface area contributed by atoms with Gasteiger partial charge in [0.1, 0.15) is 15.5 Å². The first-order valence-electron chi connectivity index (χ1n) is 9.66. The van der Waals surface area contributed by atoms with Crippen molar-refractivity contribution in [2.24, 2.45) is 0 Å². The van der Waals surface area contributed by atoms with Gasteiger partial charge in [0.25, 0.3) is 0 Å². The molecule has 0 aliphatic heterocycles. The number of aromatic nitrogens is 3. The number of nitrogens with one attached hydrogen (secondary N) is 1. The zero-order chi connectivity index (χ0) is 21.1. The number of carbonyl (C=O) groups excluding carboxylic acids is 1. The van der Waals surface area contributed by atoms with Gasteiger partial charge in [-0.3, -0.25) is 9.67 Å². The minimum atomic E-state index is -3.83. The predicted molar refractivity (Wildman–Crippen MR) is 113 cm³/mol. The molecule has 30 heavy (non-hydrogen) atoms. The number of carbonyl (C=O) groups is 1. The summed E-state index contributed by atoms with van der Waals surface area (Å²) in [6, 6.07) is 7.16. The number of ether oxygens (including phenoxy) is 1. The first-order valence-corrected chi connectivity index (χ1v) is 12.0. The fourth-order valence-electron chi connectivity index (χ4n) is 3.68. The lowest BCUT2D eigenvalue weighted by molar-refractivity contribution is 0.0602. The van der Waals surface area contributed by atoms with Gasteiger partial charge in [-0.25, -0.2) is 17.9 Å². The molecule has 0 saturated carbocycles.